The van der Waals surface area contributed by atoms with Gasteiger partial charge in [-0.2, -0.15) is 8.78 Å². The molecule has 0 aliphatic carbocycles. The summed E-state index contributed by atoms with van der Waals surface area (Å²) in [5.74, 6) is -0.771. The van der Waals surface area contributed by atoms with Crippen molar-refractivity contribution in [1.29, 1.82) is 0 Å². The number of benzene rings is 2. The van der Waals surface area contributed by atoms with Crippen LogP contribution in [0.1, 0.15) is 5.56 Å². The van der Waals surface area contributed by atoms with Crippen LogP contribution in [0.4, 0.5) is 24.5 Å². The SMILES string of the molecule is O=[N+]([O-])c1ccc(NCc2cccc(OC(F)F)c2)c(F)c1. The number of nitro groups is 1. The van der Waals surface area contributed by atoms with Crippen LogP contribution in [0.5, 0.6) is 5.75 Å². The molecule has 116 valence electrons. The lowest BCUT2D eigenvalue weighted by atomic mass is 10.2. The van der Waals surface area contributed by atoms with Crippen LogP contribution in [0.3, 0.4) is 0 Å². The maximum absolute atomic E-state index is 13.7. The standard InChI is InChI=1S/C14H11F3N2O3/c15-12-7-10(19(20)21)4-5-13(12)18-8-9-2-1-3-11(6-9)22-14(16)17/h1-7,14,18H,8H2. The third-order valence-electron chi connectivity index (χ3n) is 2.77. The Morgan fingerprint density at radius 2 is 2.00 bits per heavy atom. The summed E-state index contributed by atoms with van der Waals surface area (Å²) < 4.78 is 42.2. The summed E-state index contributed by atoms with van der Waals surface area (Å²) in [4.78, 5) is 9.82. The van der Waals surface area contributed by atoms with Gasteiger partial charge in [-0.1, -0.05) is 12.1 Å². The molecule has 0 radical (unpaired) electrons. The van der Waals surface area contributed by atoms with Gasteiger partial charge in [0.05, 0.1) is 16.7 Å². The molecule has 0 bridgehead atoms. The largest absolute Gasteiger partial charge is 0.435 e. The molecule has 1 N–H and O–H groups in total. The first-order chi connectivity index (χ1) is 10.5. The molecule has 2 rings (SSSR count). The van der Waals surface area contributed by atoms with Gasteiger partial charge >= 0.3 is 6.61 Å². The van der Waals surface area contributed by atoms with Crippen LogP contribution >= 0.6 is 0 Å². The van der Waals surface area contributed by atoms with Crippen molar-refractivity contribution in [1.82, 2.24) is 0 Å². The van der Waals surface area contributed by atoms with Crippen molar-refractivity contribution < 1.29 is 22.8 Å². The predicted molar refractivity (Wildman–Crippen MR) is 73.5 cm³/mol. The van der Waals surface area contributed by atoms with Gasteiger partial charge in [-0.3, -0.25) is 10.1 Å². The van der Waals surface area contributed by atoms with E-state index in [-0.39, 0.29) is 23.7 Å². The van der Waals surface area contributed by atoms with Gasteiger partial charge in [0, 0.05) is 12.6 Å². The molecule has 2 aromatic rings. The van der Waals surface area contributed by atoms with Crippen LogP contribution in [0.15, 0.2) is 42.5 Å². The molecule has 0 aromatic heterocycles. The van der Waals surface area contributed by atoms with Crippen molar-refractivity contribution >= 4 is 11.4 Å². The van der Waals surface area contributed by atoms with E-state index in [1.807, 2.05) is 0 Å². The zero-order valence-corrected chi connectivity index (χ0v) is 11.1. The number of nitrogens with one attached hydrogen (secondary N) is 1. The Balaban J connectivity index is 2.05. The topological polar surface area (TPSA) is 64.4 Å². The number of nitro benzene ring substituents is 1. The van der Waals surface area contributed by atoms with E-state index in [4.69, 9.17) is 0 Å². The van der Waals surface area contributed by atoms with Crippen LogP contribution in [0.2, 0.25) is 0 Å². The first-order valence-electron chi connectivity index (χ1n) is 6.17. The number of hydrogen-bond donors (Lipinski definition) is 1. The molecule has 2 aromatic carbocycles. The lowest BCUT2D eigenvalue weighted by Gasteiger charge is -2.09. The minimum absolute atomic E-state index is 0.00142. The second-order valence-electron chi connectivity index (χ2n) is 4.30. The average Bonchev–Trinajstić information content (AvgIpc) is 2.45. The lowest BCUT2D eigenvalue weighted by Crippen LogP contribution is -2.04. The molecule has 0 amide bonds. The molecule has 0 unspecified atom stereocenters. The summed E-state index contributed by atoms with van der Waals surface area (Å²) in [7, 11) is 0. The normalized spacial score (nSPS) is 10.5. The molecule has 0 fully saturated rings. The minimum atomic E-state index is -2.92. The first kappa shape index (κ1) is 15.6. The molecule has 0 atom stereocenters. The van der Waals surface area contributed by atoms with Crippen LogP contribution in [-0.2, 0) is 6.54 Å². The van der Waals surface area contributed by atoms with Crippen molar-refractivity contribution in [3.05, 3.63) is 64.0 Å². The molecule has 0 saturated carbocycles. The van der Waals surface area contributed by atoms with Gasteiger partial charge < -0.3 is 10.1 Å². The van der Waals surface area contributed by atoms with Crippen LogP contribution in [-0.4, -0.2) is 11.5 Å². The molecule has 8 heteroatoms. The zero-order chi connectivity index (χ0) is 16.1. The molecule has 0 spiro atoms. The van der Waals surface area contributed by atoms with Gasteiger partial charge in [-0.25, -0.2) is 4.39 Å². The van der Waals surface area contributed by atoms with Crippen molar-refractivity contribution in [2.24, 2.45) is 0 Å². The number of nitrogens with zero attached hydrogens (tertiary/aromatic N) is 1. The van der Waals surface area contributed by atoms with Gasteiger partial charge in [0.2, 0.25) is 0 Å². The Morgan fingerprint density at radius 1 is 1.23 bits per heavy atom. The number of halogens is 3. The quantitative estimate of drug-likeness (QED) is 0.648. The van der Waals surface area contributed by atoms with Gasteiger partial charge in [0.25, 0.3) is 5.69 Å². The van der Waals surface area contributed by atoms with E-state index in [9.17, 15) is 23.3 Å². The maximum atomic E-state index is 13.7. The van der Waals surface area contributed by atoms with Crippen LogP contribution < -0.4 is 10.1 Å². The van der Waals surface area contributed by atoms with Crippen molar-refractivity contribution in [2.75, 3.05) is 5.32 Å². The minimum Gasteiger partial charge on any atom is -0.435 e. The molecule has 0 aliphatic heterocycles. The molecular weight excluding hydrogens is 301 g/mol. The summed E-state index contributed by atoms with van der Waals surface area (Å²) in [6.45, 7) is -2.77. The van der Waals surface area contributed by atoms with Gasteiger partial charge in [0.1, 0.15) is 5.75 Å². The Hall–Kier alpha value is -2.77. The summed E-state index contributed by atoms with van der Waals surface area (Å²) in [5.41, 5.74) is 0.317. The molecular formula is C14H11F3N2O3. The third kappa shape index (κ3) is 4.11. The number of rotatable bonds is 6. The second kappa shape index (κ2) is 6.79. The van der Waals surface area contributed by atoms with Crippen LogP contribution in [0.25, 0.3) is 0 Å². The zero-order valence-electron chi connectivity index (χ0n) is 11.1. The Kier molecular flexibility index (Phi) is 4.82. The van der Waals surface area contributed by atoms with Crippen LogP contribution in [0, 0.1) is 15.9 Å². The molecule has 0 saturated heterocycles. The Morgan fingerprint density at radius 3 is 2.64 bits per heavy atom. The highest BCUT2D eigenvalue weighted by Crippen LogP contribution is 2.22. The second-order valence-corrected chi connectivity index (χ2v) is 4.30. The van der Waals surface area contributed by atoms with Crippen molar-refractivity contribution in [3.8, 4) is 5.75 Å². The molecule has 22 heavy (non-hydrogen) atoms. The smallest absolute Gasteiger partial charge is 0.387 e. The number of hydrogen-bond acceptors (Lipinski definition) is 4. The summed E-state index contributed by atoms with van der Waals surface area (Å²) >= 11 is 0. The fraction of sp³-hybridized carbons (Fsp3) is 0.143. The van der Waals surface area contributed by atoms with Gasteiger partial charge in [-0.15, -0.1) is 0 Å². The number of non-ortho nitro benzene ring substituents is 1. The number of anilines is 1. The van der Waals surface area contributed by atoms with E-state index in [1.165, 1.54) is 30.3 Å². The lowest BCUT2D eigenvalue weighted by molar-refractivity contribution is -0.385. The first-order valence-corrected chi connectivity index (χ1v) is 6.17. The van der Waals surface area contributed by atoms with Gasteiger partial charge in [-0.05, 0) is 23.8 Å². The molecule has 0 aliphatic rings. The molecule has 5 nitrogen and oxygen atoms in total. The monoisotopic (exact) mass is 312 g/mol. The highest BCUT2D eigenvalue weighted by atomic mass is 19.3. The third-order valence-corrected chi connectivity index (χ3v) is 2.77. The summed E-state index contributed by atoms with van der Waals surface area (Å²) in [6, 6.07) is 9.16. The van der Waals surface area contributed by atoms with E-state index in [1.54, 1.807) is 6.07 Å². The number of alkyl halides is 2. The molecule has 0 heterocycles. The Bertz CT molecular complexity index is 680. The highest BCUT2D eigenvalue weighted by Gasteiger charge is 2.10. The Labute approximate surface area is 123 Å². The maximum Gasteiger partial charge on any atom is 0.387 e. The fourth-order valence-corrected chi connectivity index (χ4v) is 1.79. The fourth-order valence-electron chi connectivity index (χ4n) is 1.79. The van der Waals surface area contributed by atoms with E-state index in [0.717, 1.165) is 6.07 Å². The van der Waals surface area contributed by atoms with E-state index < -0.39 is 17.4 Å². The summed E-state index contributed by atoms with van der Waals surface area (Å²) in [6.07, 6.45) is 0. The summed E-state index contributed by atoms with van der Waals surface area (Å²) in [5, 5.41) is 13.2. The average molecular weight is 312 g/mol. The van der Waals surface area contributed by atoms with E-state index in [2.05, 4.69) is 10.1 Å². The van der Waals surface area contributed by atoms with Crippen molar-refractivity contribution in [3.63, 3.8) is 0 Å². The van der Waals surface area contributed by atoms with Gasteiger partial charge in [0.15, 0.2) is 5.82 Å². The van der Waals surface area contributed by atoms with E-state index >= 15 is 0 Å². The van der Waals surface area contributed by atoms with E-state index in [0.29, 0.717) is 5.56 Å². The highest BCUT2D eigenvalue weighted by molar-refractivity contribution is 5.50. The number of ether oxygens (including phenoxy) is 1. The predicted octanol–water partition coefficient (Wildman–Crippen LogP) is 3.95. The van der Waals surface area contributed by atoms with Crippen molar-refractivity contribution in [2.45, 2.75) is 13.2 Å².